The standard InChI is InChI=1S/C53H62O25/c1-6-53(4,68)17-7-8-23(2)49(67)76-47-42(64)37(59)24(3)71-51(47)72-28-19-30(57)36-32(20-28)73-45(26-11-13-27(55)14-12-26)46(40(36)62)77-52-48(43(65)38(60)33(21-54)74-52)78-50-44(66)41(63)39(61)34(75-50)22-70-35(58)16-10-25-9-15-29(56)31(18-25)69-5/h6,8-16,18-20,24,33-34,37-39,41-44,47-48,50-52,54-57,59-61,63-66,68H,1,7,17,21-22H2,2-5H3/b16-10+,23-8+/t24-,33+,34-,37-,38+,39-,41+,42+,43-,44-,47+,48+,50+,51+,52-,53?/m0/s1. The molecule has 7 rings (SSSR count). The Balaban J connectivity index is 1.17. The highest BCUT2D eigenvalue weighted by molar-refractivity contribution is 5.89. The maximum atomic E-state index is 14.7. The number of aromatic hydroxyl groups is 3. The topological polar surface area (TPSA) is 390 Å². The number of carbonyl (C=O) groups excluding carboxylic acids is 2. The molecule has 0 saturated carbocycles. The lowest BCUT2D eigenvalue weighted by molar-refractivity contribution is -0.358. The van der Waals surface area contributed by atoms with Gasteiger partial charge in [-0.3, -0.25) is 4.79 Å². The number of hydrogen-bond donors (Lipinski definition) is 12. The monoisotopic (exact) mass is 1100 g/mol. The number of methoxy groups -OCH3 is 1. The average molecular weight is 1100 g/mol. The number of ether oxygens (including phenoxy) is 9. The van der Waals surface area contributed by atoms with Crippen LogP contribution in [0.4, 0.5) is 0 Å². The average Bonchev–Trinajstić information content (AvgIpc) is 3.59. The summed E-state index contributed by atoms with van der Waals surface area (Å²) in [5.74, 6) is -4.46. The van der Waals surface area contributed by atoms with Gasteiger partial charge in [-0.1, -0.05) is 18.2 Å². The normalized spacial score (nSPS) is 30.3. The minimum Gasteiger partial charge on any atom is -0.508 e. The molecule has 1 aromatic heterocycles. The molecule has 0 bridgehead atoms. The maximum Gasteiger partial charge on any atom is 0.333 e. The zero-order chi connectivity index (χ0) is 56.9. The van der Waals surface area contributed by atoms with Crippen LogP contribution in [0.2, 0.25) is 0 Å². The van der Waals surface area contributed by atoms with Crippen LogP contribution >= 0.6 is 0 Å². The molecule has 12 N–H and O–H groups in total. The summed E-state index contributed by atoms with van der Waals surface area (Å²) >= 11 is 0. The lowest BCUT2D eigenvalue weighted by Gasteiger charge is -2.45. The van der Waals surface area contributed by atoms with Gasteiger partial charge in [-0.15, -0.1) is 6.58 Å². The molecule has 3 aliphatic rings. The molecule has 4 aromatic rings. The van der Waals surface area contributed by atoms with Crippen LogP contribution < -0.4 is 19.6 Å². The van der Waals surface area contributed by atoms with Crippen molar-refractivity contribution in [3.8, 4) is 45.8 Å². The summed E-state index contributed by atoms with van der Waals surface area (Å²) in [5, 5.41) is 129. The molecule has 3 fully saturated rings. The smallest absolute Gasteiger partial charge is 0.333 e. The highest BCUT2D eigenvalue weighted by Crippen LogP contribution is 2.40. The van der Waals surface area contributed by atoms with Gasteiger partial charge in [0, 0.05) is 29.3 Å². The summed E-state index contributed by atoms with van der Waals surface area (Å²) < 4.78 is 57.4. The molecule has 424 valence electrons. The van der Waals surface area contributed by atoms with Crippen LogP contribution in [-0.4, -0.2) is 191 Å². The largest absolute Gasteiger partial charge is 0.508 e. The van der Waals surface area contributed by atoms with Crippen molar-refractivity contribution in [2.24, 2.45) is 0 Å². The number of esters is 2. The number of phenolic OH excluding ortho intramolecular Hbond substituents is 3. The van der Waals surface area contributed by atoms with Gasteiger partial charge in [0.1, 0.15) is 89.8 Å². The molecular formula is C53H62O25. The number of aliphatic hydroxyl groups excluding tert-OH is 8. The number of rotatable bonds is 19. The number of allylic oxidation sites excluding steroid dienone is 1. The first kappa shape index (κ1) is 59.0. The Bertz CT molecular complexity index is 2880. The summed E-state index contributed by atoms with van der Waals surface area (Å²) in [5.41, 5.74) is -2.20. The molecule has 3 aliphatic heterocycles. The first-order chi connectivity index (χ1) is 36.9. The van der Waals surface area contributed by atoms with Crippen molar-refractivity contribution in [1.82, 2.24) is 0 Å². The van der Waals surface area contributed by atoms with Crippen LogP contribution in [0.3, 0.4) is 0 Å². The molecule has 0 spiro atoms. The predicted molar refractivity (Wildman–Crippen MR) is 267 cm³/mol. The Labute approximate surface area is 444 Å². The van der Waals surface area contributed by atoms with Crippen LogP contribution in [0.1, 0.15) is 39.2 Å². The lowest BCUT2D eigenvalue weighted by Crippen LogP contribution is -2.65. The van der Waals surface area contributed by atoms with Gasteiger partial charge in [-0.25, -0.2) is 9.59 Å². The van der Waals surface area contributed by atoms with Gasteiger partial charge >= 0.3 is 11.9 Å². The van der Waals surface area contributed by atoms with Crippen LogP contribution in [0.15, 0.2) is 94.2 Å². The number of phenols is 3. The number of hydrogen-bond acceptors (Lipinski definition) is 25. The van der Waals surface area contributed by atoms with Crippen molar-refractivity contribution < 1.29 is 118 Å². The molecule has 25 heteroatoms. The fraction of sp³-hybridized carbons (Fsp3) is 0.453. The van der Waals surface area contributed by atoms with Crippen molar-refractivity contribution in [3.63, 3.8) is 0 Å². The second-order valence-corrected chi connectivity index (χ2v) is 19.0. The second kappa shape index (κ2) is 25.0. The third-order valence-corrected chi connectivity index (χ3v) is 13.2. The van der Waals surface area contributed by atoms with E-state index in [-0.39, 0.29) is 47.0 Å². The van der Waals surface area contributed by atoms with E-state index in [0.29, 0.717) is 5.56 Å². The molecule has 0 radical (unpaired) electrons. The summed E-state index contributed by atoms with van der Waals surface area (Å²) in [6.45, 7) is 6.25. The van der Waals surface area contributed by atoms with Gasteiger partial charge in [-0.05, 0) is 81.7 Å². The highest BCUT2D eigenvalue weighted by Gasteiger charge is 2.52. The zero-order valence-electron chi connectivity index (χ0n) is 42.4. The number of carbonyl (C=O) groups is 2. The second-order valence-electron chi connectivity index (χ2n) is 19.0. The molecular weight excluding hydrogens is 1040 g/mol. The van der Waals surface area contributed by atoms with Gasteiger partial charge in [0.05, 0.1) is 25.4 Å². The Morgan fingerprint density at radius 3 is 2.13 bits per heavy atom. The molecule has 4 heterocycles. The van der Waals surface area contributed by atoms with E-state index < -0.39 is 157 Å². The molecule has 0 amide bonds. The van der Waals surface area contributed by atoms with Crippen LogP contribution in [0, 0.1) is 0 Å². The summed E-state index contributed by atoms with van der Waals surface area (Å²) in [4.78, 5) is 40.7. The Morgan fingerprint density at radius 1 is 0.782 bits per heavy atom. The van der Waals surface area contributed by atoms with Gasteiger partial charge in [0.2, 0.25) is 23.8 Å². The van der Waals surface area contributed by atoms with E-state index in [1.807, 2.05) is 0 Å². The van der Waals surface area contributed by atoms with E-state index in [4.69, 9.17) is 47.0 Å². The van der Waals surface area contributed by atoms with Gasteiger partial charge in [-0.2, -0.15) is 0 Å². The van der Waals surface area contributed by atoms with E-state index in [9.17, 15) is 75.7 Å². The van der Waals surface area contributed by atoms with E-state index >= 15 is 0 Å². The summed E-state index contributed by atoms with van der Waals surface area (Å²) in [6, 6.07) is 11.3. The SMILES string of the molecule is C=CC(C)(O)CC/C=C(\C)C(=O)O[C@H]1[C@@H](Oc2cc(O)c3c(=O)c(O[C@@H]4O[C@H](CO)[C@@H](O)[C@H](O)[C@H]4O[C@H]4O[C@@H](COC(=O)/C=C/c5ccc(O)c(OC)c5)[C@H](O)[C@@H](O)[C@@H]4O)c(-c4ccc(O)cc4)oc3c2)O[C@@H](C)[C@H](O)[C@H]1O. The molecule has 1 unspecified atom stereocenters. The van der Waals surface area contributed by atoms with Gasteiger partial charge in [0.25, 0.3) is 0 Å². The van der Waals surface area contributed by atoms with Crippen molar-refractivity contribution in [2.45, 2.75) is 131 Å². The van der Waals surface area contributed by atoms with Crippen LogP contribution in [0.5, 0.6) is 34.5 Å². The Kier molecular flexibility index (Phi) is 18.9. The van der Waals surface area contributed by atoms with Gasteiger partial charge in [0.15, 0.2) is 35.8 Å². The summed E-state index contributed by atoms with van der Waals surface area (Å²) in [6.07, 6.45) is -21.7. The molecule has 16 atom stereocenters. The molecule has 0 aliphatic carbocycles. The molecule has 25 nitrogen and oxygen atoms in total. The van der Waals surface area contributed by atoms with E-state index in [2.05, 4.69) is 6.58 Å². The third kappa shape index (κ3) is 13.2. The van der Waals surface area contributed by atoms with Crippen molar-refractivity contribution in [1.29, 1.82) is 0 Å². The van der Waals surface area contributed by atoms with Crippen molar-refractivity contribution in [3.05, 3.63) is 101 Å². The van der Waals surface area contributed by atoms with E-state index in [1.165, 1.54) is 88.6 Å². The highest BCUT2D eigenvalue weighted by atomic mass is 16.8. The lowest BCUT2D eigenvalue weighted by atomic mass is 9.97. The third-order valence-electron chi connectivity index (χ3n) is 13.2. The first-order valence-corrected chi connectivity index (χ1v) is 24.4. The number of benzene rings is 3. The molecule has 3 saturated heterocycles. The number of aliphatic hydroxyl groups is 9. The fourth-order valence-corrected chi connectivity index (χ4v) is 8.48. The molecule has 78 heavy (non-hydrogen) atoms. The zero-order valence-corrected chi connectivity index (χ0v) is 42.4. The predicted octanol–water partition coefficient (Wildman–Crippen LogP) is 0.273. The Hall–Kier alpha value is -6.69. The van der Waals surface area contributed by atoms with Crippen molar-refractivity contribution in [2.75, 3.05) is 20.3 Å². The van der Waals surface area contributed by atoms with Crippen LogP contribution in [0.25, 0.3) is 28.4 Å². The number of fused-ring (bicyclic) bond motifs is 1. The Morgan fingerprint density at radius 2 is 1.45 bits per heavy atom. The first-order valence-electron chi connectivity index (χ1n) is 24.4. The van der Waals surface area contributed by atoms with Crippen molar-refractivity contribution >= 4 is 29.0 Å². The minimum atomic E-state index is -2.11. The van der Waals surface area contributed by atoms with E-state index in [1.54, 1.807) is 0 Å². The van der Waals surface area contributed by atoms with Gasteiger partial charge < -0.3 is 108 Å². The quantitative estimate of drug-likeness (QED) is 0.0341. The molecule has 3 aromatic carbocycles. The maximum absolute atomic E-state index is 14.7. The fourth-order valence-electron chi connectivity index (χ4n) is 8.48. The van der Waals surface area contributed by atoms with Crippen LogP contribution in [-0.2, 0) is 38.0 Å². The summed E-state index contributed by atoms with van der Waals surface area (Å²) in [7, 11) is 1.33. The minimum absolute atomic E-state index is 0.0309. The van der Waals surface area contributed by atoms with E-state index in [0.717, 1.165) is 18.2 Å².